The van der Waals surface area contributed by atoms with Gasteiger partial charge in [-0.25, -0.2) is 0 Å². The average molecular weight is 243 g/mol. The predicted octanol–water partition coefficient (Wildman–Crippen LogP) is -0.225. The Labute approximate surface area is 104 Å². The van der Waals surface area contributed by atoms with Crippen LogP contribution in [0.4, 0.5) is 0 Å². The van der Waals surface area contributed by atoms with E-state index in [4.69, 9.17) is 4.74 Å². The Morgan fingerprint density at radius 2 is 2.12 bits per heavy atom. The SMILES string of the molecule is CNC(C)C(=O)N1CCCN(CCOC)CC1. The molecule has 1 aliphatic rings. The van der Waals surface area contributed by atoms with Crippen molar-refractivity contribution in [1.29, 1.82) is 0 Å². The highest BCUT2D eigenvalue weighted by molar-refractivity contribution is 5.81. The van der Waals surface area contributed by atoms with Crippen molar-refractivity contribution in [3.8, 4) is 0 Å². The molecular formula is C12H25N3O2. The summed E-state index contributed by atoms with van der Waals surface area (Å²) >= 11 is 0. The third-order valence-corrected chi connectivity index (χ3v) is 3.32. The first kappa shape index (κ1) is 14.4. The summed E-state index contributed by atoms with van der Waals surface area (Å²) in [5.41, 5.74) is 0. The summed E-state index contributed by atoms with van der Waals surface area (Å²) < 4.78 is 5.08. The Kier molecular flexibility index (Phi) is 6.47. The van der Waals surface area contributed by atoms with Crippen LogP contribution >= 0.6 is 0 Å². The lowest BCUT2D eigenvalue weighted by Gasteiger charge is -2.24. The molecule has 17 heavy (non-hydrogen) atoms. The summed E-state index contributed by atoms with van der Waals surface area (Å²) in [6.45, 7) is 7.34. The van der Waals surface area contributed by atoms with E-state index < -0.39 is 0 Å². The highest BCUT2D eigenvalue weighted by Crippen LogP contribution is 2.04. The summed E-state index contributed by atoms with van der Waals surface area (Å²) in [5, 5.41) is 3.00. The van der Waals surface area contributed by atoms with Crippen molar-refractivity contribution < 1.29 is 9.53 Å². The molecule has 1 heterocycles. The molecule has 100 valence electrons. The molecule has 1 fully saturated rings. The van der Waals surface area contributed by atoms with Gasteiger partial charge in [0, 0.05) is 33.3 Å². The largest absolute Gasteiger partial charge is 0.383 e. The zero-order valence-corrected chi connectivity index (χ0v) is 11.2. The van der Waals surface area contributed by atoms with Crippen LogP contribution in [0.2, 0.25) is 0 Å². The van der Waals surface area contributed by atoms with Crippen LogP contribution in [0.15, 0.2) is 0 Å². The molecule has 0 bridgehead atoms. The van der Waals surface area contributed by atoms with Crippen molar-refractivity contribution in [3.05, 3.63) is 0 Å². The summed E-state index contributed by atoms with van der Waals surface area (Å²) in [6, 6.07) is -0.0828. The van der Waals surface area contributed by atoms with Crippen LogP contribution in [0.3, 0.4) is 0 Å². The fourth-order valence-electron chi connectivity index (χ4n) is 2.03. The second kappa shape index (κ2) is 7.63. The highest BCUT2D eigenvalue weighted by Gasteiger charge is 2.21. The molecule has 1 rings (SSSR count). The number of ether oxygens (including phenoxy) is 1. The number of likely N-dealkylation sites (N-methyl/N-ethyl adjacent to an activating group) is 1. The van der Waals surface area contributed by atoms with Gasteiger partial charge in [0.2, 0.25) is 5.91 Å². The normalized spacial score (nSPS) is 20.1. The molecule has 1 amide bonds. The fraction of sp³-hybridized carbons (Fsp3) is 0.917. The van der Waals surface area contributed by atoms with Crippen molar-refractivity contribution in [1.82, 2.24) is 15.1 Å². The molecule has 0 aromatic heterocycles. The quantitative estimate of drug-likeness (QED) is 0.725. The second-order valence-corrected chi connectivity index (χ2v) is 4.52. The zero-order valence-electron chi connectivity index (χ0n) is 11.2. The lowest BCUT2D eigenvalue weighted by atomic mass is 10.2. The van der Waals surface area contributed by atoms with Gasteiger partial charge in [0.25, 0.3) is 0 Å². The number of carbonyl (C=O) groups excluding carboxylic acids is 1. The van der Waals surface area contributed by atoms with E-state index in [2.05, 4.69) is 10.2 Å². The van der Waals surface area contributed by atoms with Crippen LogP contribution in [0.5, 0.6) is 0 Å². The summed E-state index contributed by atoms with van der Waals surface area (Å²) in [6.07, 6.45) is 1.05. The number of nitrogens with one attached hydrogen (secondary N) is 1. The van der Waals surface area contributed by atoms with Crippen LogP contribution in [-0.4, -0.2) is 75.2 Å². The summed E-state index contributed by atoms with van der Waals surface area (Å²) in [4.78, 5) is 16.4. The van der Waals surface area contributed by atoms with Gasteiger partial charge in [0.1, 0.15) is 0 Å². The highest BCUT2D eigenvalue weighted by atomic mass is 16.5. The van der Waals surface area contributed by atoms with Crippen LogP contribution < -0.4 is 5.32 Å². The van der Waals surface area contributed by atoms with Crippen molar-refractivity contribution in [3.63, 3.8) is 0 Å². The van der Waals surface area contributed by atoms with Crippen LogP contribution in [0.25, 0.3) is 0 Å². The Morgan fingerprint density at radius 1 is 1.35 bits per heavy atom. The van der Waals surface area contributed by atoms with Crippen LogP contribution in [0.1, 0.15) is 13.3 Å². The molecule has 1 N–H and O–H groups in total. The number of carbonyl (C=O) groups is 1. The van der Waals surface area contributed by atoms with Gasteiger partial charge in [-0.2, -0.15) is 0 Å². The van der Waals surface area contributed by atoms with E-state index >= 15 is 0 Å². The lowest BCUT2D eigenvalue weighted by Crippen LogP contribution is -2.45. The van der Waals surface area contributed by atoms with E-state index in [0.717, 1.165) is 45.8 Å². The summed E-state index contributed by atoms with van der Waals surface area (Å²) in [7, 11) is 3.55. The second-order valence-electron chi connectivity index (χ2n) is 4.52. The van der Waals surface area contributed by atoms with E-state index in [9.17, 15) is 4.79 Å². The fourth-order valence-corrected chi connectivity index (χ4v) is 2.03. The van der Waals surface area contributed by atoms with Gasteiger partial charge in [-0.05, 0) is 26.9 Å². The van der Waals surface area contributed by atoms with Crippen LogP contribution in [-0.2, 0) is 9.53 Å². The van der Waals surface area contributed by atoms with Gasteiger partial charge in [0.15, 0.2) is 0 Å². The minimum Gasteiger partial charge on any atom is -0.383 e. The molecule has 1 aliphatic heterocycles. The zero-order chi connectivity index (χ0) is 12.7. The Morgan fingerprint density at radius 3 is 2.76 bits per heavy atom. The lowest BCUT2D eigenvalue weighted by molar-refractivity contribution is -0.132. The van der Waals surface area contributed by atoms with Gasteiger partial charge >= 0.3 is 0 Å². The molecule has 1 atom stereocenters. The van der Waals surface area contributed by atoms with Crippen LogP contribution in [0, 0.1) is 0 Å². The Hall–Kier alpha value is -0.650. The standard InChI is InChI=1S/C12H25N3O2/c1-11(13-2)12(16)15-6-4-5-14(7-8-15)9-10-17-3/h11,13H,4-10H2,1-3H3. The molecule has 0 spiro atoms. The maximum Gasteiger partial charge on any atom is 0.239 e. The van der Waals surface area contributed by atoms with Crippen molar-refractivity contribution >= 4 is 5.91 Å². The predicted molar refractivity (Wildman–Crippen MR) is 68.0 cm³/mol. The van der Waals surface area contributed by atoms with E-state index in [0.29, 0.717) is 0 Å². The topological polar surface area (TPSA) is 44.8 Å². The van der Waals surface area contributed by atoms with Crippen molar-refractivity contribution in [2.75, 3.05) is 53.5 Å². The Bertz CT molecular complexity index is 236. The molecule has 5 heteroatoms. The maximum absolute atomic E-state index is 12.0. The minimum atomic E-state index is -0.0828. The third-order valence-electron chi connectivity index (χ3n) is 3.32. The number of nitrogens with zero attached hydrogens (tertiary/aromatic N) is 2. The first-order valence-electron chi connectivity index (χ1n) is 6.36. The minimum absolute atomic E-state index is 0.0828. The van der Waals surface area contributed by atoms with E-state index in [1.807, 2.05) is 18.9 Å². The number of hydrogen-bond donors (Lipinski definition) is 1. The van der Waals surface area contributed by atoms with Crippen molar-refractivity contribution in [2.45, 2.75) is 19.4 Å². The number of rotatable bonds is 5. The smallest absolute Gasteiger partial charge is 0.239 e. The molecule has 0 saturated carbocycles. The number of amides is 1. The van der Waals surface area contributed by atoms with Crippen molar-refractivity contribution in [2.24, 2.45) is 0 Å². The average Bonchev–Trinajstić information content (AvgIpc) is 2.59. The van der Waals surface area contributed by atoms with Gasteiger partial charge in [-0.15, -0.1) is 0 Å². The number of hydrogen-bond acceptors (Lipinski definition) is 4. The first-order valence-corrected chi connectivity index (χ1v) is 6.36. The number of methoxy groups -OCH3 is 1. The van der Waals surface area contributed by atoms with Gasteiger partial charge in [0.05, 0.1) is 12.6 Å². The summed E-state index contributed by atoms with van der Waals surface area (Å²) in [5.74, 6) is 0.209. The Balaban J connectivity index is 2.39. The van der Waals surface area contributed by atoms with E-state index in [1.165, 1.54) is 0 Å². The first-order chi connectivity index (χ1) is 8.19. The third kappa shape index (κ3) is 4.61. The monoisotopic (exact) mass is 243 g/mol. The van der Waals surface area contributed by atoms with Gasteiger partial charge in [-0.3, -0.25) is 9.69 Å². The molecule has 0 aromatic carbocycles. The van der Waals surface area contributed by atoms with Gasteiger partial charge in [-0.1, -0.05) is 0 Å². The molecule has 1 saturated heterocycles. The molecule has 0 aromatic rings. The van der Waals surface area contributed by atoms with E-state index in [1.54, 1.807) is 7.11 Å². The van der Waals surface area contributed by atoms with Gasteiger partial charge < -0.3 is 15.0 Å². The molecule has 0 aliphatic carbocycles. The maximum atomic E-state index is 12.0. The molecule has 1 unspecified atom stereocenters. The van der Waals surface area contributed by atoms with E-state index in [-0.39, 0.29) is 11.9 Å². The molecule has 0 radical (unpaired) electrons. The molecule has 5 nitrogen and oxygen atoms in total. The molecular weight excluding hydrogens is 218 g/mol.